The monoisotopic (exact) mass is 271 g/mol. The van der Waals surface area contributed by atoms with E-state index in [1.807, 2.05) is 35.9 Å². The van der Waals surface area contributed by atoms with Crippen LogP contribution >= 0.6 is 0 Å². The molecule has 100 valence electrons. The Kier molecular flexibility index (Phi) is 2.86. The molecule has 0 bridgehead atoms. The number of aryl methyl sites for hydroxylation is 1. The van der Waals surface area contributed by atoms with Crippen molar-refractivity contribution in [3.8, 4) is 0 Å². The van der Waals surface area contributed by atoms with Crippen LogP contribution < -0.4 is 0 Å². The van der Waals surface area contributed by atoms with Crippen molar-refractivity contribution in [2.24, 2.45) is 7.05 Å². The number of benzene rings is 2. The Balaban J connectivity index is 2.18. The molecule has 3 aromatic rings. The first kappa shape index (κ1) is 12.5. The predicted molar refractivity (Wildman–Crippen MR) is 72.7 cm³/mol. The highest BCUT2D eigenvalue weighted by molar-refractivity contribution is 6.16. The number of carbonyl (C=O) groups is 1. The fourth-order valence-corrected chi connectivity index (χ4v) is 2.36. The zero-order chi connectivity index (χ0) is 14.3. The van der Waals surface area contributed by atoms with Crippen molar-refractivity contribution >= 4 is 16.7 Å². The molecule has 0 spiro atoms. The van der Waals surface area contributed by atoms with Crippen molar-refractivity contribution in [2.75, 3.05) is 0 Å². The van der Waals surface area contributed by atoms with Crippen LogP contribution in [-0.4, -0.2) is 10.4 Å². The molecule has 0 radical (unpaired) electrons. The summed E-state index contributed by atoms with van der Waals surface area (Å²) < 4.78 is 28.3. The van der Waals surface area contributed by atoms with E-state index in [1.165, 1.54) is 0 Å². The van der Waals surface area contributed by atoms with E-state index >= 15 is 0 Å². The maximum Gasteiger partial charge on any atom is 0.195 e. The molecular weight excluding hydrogens is 260 g/mol. The Morgan fingerprint density at radius 1 is 1.05 bits per heavy atom. The lowest BCUT2D eigenvalue weighted by molar-refractivity contribution is 0.103. The van der Waals surface area contributed by atoms with Crippen LogP contribution in [0.5, 0.6) is 0 Å². The average Bonchev–Trinajstić information content (AvgIpc) is 2.75. The number of hydrogen-bond donors (Lipinski definition) is 0. The molecule has 2 aromatic carbocycles. The number of para-hydroxylation sites is 1. The minimum absolute atomic E-state index is 0.0128. The normalized spacial score (nSPS) is 10.9. The molecule has 1 aromatic heterocycles. The van der Waals surface area contributed by atoms with Crippen LogP contribution in [0.2, 0.25) is 0 Å². The van der Waals surface area contributed by atoms with Gasteiger partial charge in [0.2, 0.25) is 0 Å². The van der Waals surface area contributed by atoms with Crippen molar-refractivity contribution < 1.29 is 13.6 Å². The standard InChI is InChI=1S/C16H11F2NO/c1-19-9-14(13-4-2-3-5-15(13)19)16(20)10-6-11(17)8-12(18)7-10/h2-9H,1H3. The van der Waals surface area contributed by atoms with Gasteiger partial charge in [0.25, 0.3) is 0 Å². The number of fused-ring (bicyclic) bond motifs is 1. The Hall–Kier alpha value is -2.49. The van der Waals surface area contributed by atoms with Gasteiger partial charge in [0, 0.05) is 41.3 Å². The lowest BCUT2D eigenvalue weighted by Crippen LogP contribution is -2.02. The summed E-state index contributed by atoms with van der Waals surface area (Å²) >= 11 is 0. The fraction of sp³-hybridized carbons (Fsp3) is 0.0625. The number of carbonyl (C=O) groups excluding carboxylic acids is 1. The van der Waals surface area contributed by atoms with E-state index in [9.17, 15) is 13.6 Å². The highest BCUT2D eigenvalue weighted by atomic mass is 19.1. The Morgan fingerprint density at radius 2 is 1.70 bits per heavy atom. The number of hydrogen-bond acceptors (Lipinski definition) is 1. The van der Waals surface area contributed by atoms with Crippen LogP contribution in [0.1, 0.15) is 15.9 Å². The summed E-state index contributed by atoms with van der Waals surface area (Å²) in [5.74, 6) is -1.90. The molecule has 0 aliphatic heterocycles. The number of ketones is 1. The van der Waals surface area contributed by atoms with Gasteiger partial charge in [-0.2, -0.15) is 0 Å². The molecule has 4 heteroatoms. The fourth-order valence-electron chi connectivity index (χ4n) is 2.36. The van der Waals surface area contributed by atoms with E-state index < -0.39 is 11.6 Å². The van der Waals surface area contributed by atoms with Crippen LogP contribution in [0.3, 0.4) is 0 Å². The van der Waals surface area contributed by atoms with Crippen molar-refractivity contribution in [3.05, 3.63) is 71.4 Å². The molecular formula is C16H11F2NO. The van der Waals surface area contributed by atoms with Crippen LogP contribution in [-0.2, 0) is 7.05 Å². The van der Waals surface area contributed by atoms with E-state index in [-0.39, 0.29) is 11.3 Å². The van der Waals surface area contributed by atoms with E-state index in [4.69, 9.17) is 0 Å². The van der Waals surface area contributed by atoms with Crippen molar-refractivity contribution in [3.63, 3.8) is 0 Å². The number of aromatic nitrogens is 1. The van der Waals surface area contributed by atoms with Gasteiger partial charge in [0.05, 0.1) is 0 Å². The van der Waals surface area contributed by atoms with E-state index in [1.54, 1.807) is 6.20 Å². The van der Waals surface area contributed by atoms with Crippen LogP contribution in [0.4, 0.5) is 8.78 Å². The van der Waals surface area contributed by atoms with Crippen LogP contribution in [0, 0.1) is 11.6 Å². The molecule has 0 aliphatic carbocycles. The quantitative estimate of drug-likeness (QED) is 0.651. The Morgan fingerprint density at radius 3 is 2.40 bits per heavy atom. The predicted octanol–water partition coefficient (Wildman–Crippen LogP) is 3.69. The van der Waals surface area contributed by atoms with Crippen molar-refractivity contribution in [1.29, 1.82) is 0 Å². The molecule has 0 N–H and O–H groups in total. The topological polar surface area (TPSA) is 22.0 Å². The zero-order valence-corrected chi connectivity index (χ0v) is 10.7. The van der Waals surface area contributed by atoms with Crippen LogP contribution in [0.15, 0.2) is 48.7 Å². The van der Waals surface area contributed by atoms with E-state index in [0.717, 1.165) is 29.1 Å². The lowest BCUT2D eigenvalue weighted by Gasteiger charge is -2.00. The minimum atomic E-state index is -0.756. The van der Waals surface area contributed by atoms with Gasteiger partial charge in [-0.15, -0.1) is 0 Å². The van der Waals surface area contributed by atoms with E-state index in [2.05, 4.69) is 0 Å². The van der Waals surface area contributed by atoms with Gasteiger partial charge in [0.1, 0.15) is 11.6 Å². The lowest BCUT2D eigenvalue weighted by atomic mass is 10.0. The molecule has 0 fully saturated rings. The molecule has 0 saturated heterocycles. The second kappa shape index (κ2) is 4.56. The molecule has 0 atom stereocenters. The molecule has 20 heavy (non-hydrogen) atoms. The third-order valence-corrected chi connectivity index (χ3v) is 3.27. The summed E-state index contributed by atoms with van der Waals surface area (Å²) in [5, 5.41) is 0.768. The average molecular weight is 271 g/mol. The maximum atomic E-state index is 13.2. The molecule has 1 heterocycles. The second-order valence-corrected chi connectivity index (χ2v) is 4.66. The van der Waals surface area contributed by atoms with Gasteiger partial charge < -0.3 is 4.57 Å². The van der Waals surface area contributed by atoms with Crippen molar-refractivity contribution in [2.45, 2.75) is 0 Å². The zero-order valence-electron chi connectivity index (χ0n) is 10.7. The highest BCUT2D eigenvalue weighted by Gasteiger charge is 2.16. The third-order valence-electron chi connectivity index (χ3n) is 3.27. The summed E-state index contributed by atoms with van der Waals surface area (Å²) in [5.41, 5.74) is 1.35. The minimum Gasteiger partial charge on any atom is -0.350 e. The van der Waals surface area contributed by atoms with Gasteiger partial charge >= 0.3 is 0 Å². The molecule has 0 saturated carbocycles. The summed E-state index contributed by atoms with van der Waals surface area (Å²) in [7, 11) is 1.82. The van der Waals surface area contributed by atoms with Gasteiger partial charge in [-0.05, 0) is 18.2 Å². The van der Waals surface area contributed by atoms with Crippen molar-refractivity contribution in [1.82, 2.24) is 4.57 Å². The number of nitrogens with zero attached hydrogens (tertiary/aromatic N) is 1. The van der Waals surface area contributed by atoms with Gasteiger partial charge in [-0.25, -0.2) is 8.78 Å². The highest BCUT2D eigenvalue weighted by Crippen LogP contribution is 2.23. The number of halogens is 2. The molecule has 0 unspecified atom stereocenters. The number of rotatable bonds is 2. The third kappa shape index (κ3) is 1.99. The SMILES string of the molecule is Cn1cc(C(=O)c2cc(F)cc(F)c2)c2ccccc21. The Bertz CT molecular complexity index is 800. The smallest absolute Gasteiger partial charge is 0.195 e. The van der Waals surface area contributed by atoms with Gasteiger partial charge in [0.15, 0.2) is 5.78 Å². The van der Waals surface area contributed by atoms with Gasteiger partial charge in [-0.1, -0.05) is 18.2 Å². The Labute approximate surface area is 114 Å². The molecule has 0 aliphatic rings. The molecule has 2 nitrogen and oxygen atoms in total. The summed E-state index contributed by atoms with van der Waals surface area (Å²) in [6.07, 6.45) is 1.68. The largest absolute Gasteiger partial charge is 0.350 e. The molecule has 3 rings (SSSR count). The maximum absolute atomic E-state index is 13.2. The summed E-state index contributed by atoms with van der Waals surface area (Å²) in [6, 6.07) is 10.3. The van der Waals surface area contributed by atoms with E-state index in [0.29, 0.717) is 5.56 Å². The summed E-state index contributed by atoms with van der Waals surface area (Å²) in [6.45, 7) is 0. The van der Waals surface area contributed by atoms with Crippen LogP contribution in [0.25, 0.3) is 10.9 Å². The first-order valence-corrected chi connectivity index (χ1v) is 6.11. The van der Waals surface area contributed by atoms with Gasteiger partial charge in [-0.3, -0.25) is 4.79 Å². The first-order chi connectivity index (χ1) is 9.56. The second-order valence-electron chi connectivity index (χ2n) is 4.66. The molecule has 0 amide bonds. The summed E-state index contributed by atoms with van der Waals surface area (Å²) in [4.78, 5) is 12.4. The first-order valence-electron chi connectivity index (χ1n) is 6.11.